The average Bonchev–Trinajstić information content (AvgIpc) is 2.18. The van der Waals surface area contributed by atoms with E-state index in [-0.39, 0.29) is 11.0 Å². The van der Waals surface area contributed by atoms with E-state index in [1.54, 1.807) is 0 Å². The van der Waals surface area contributed by atoms with Gasteiger partial charge in [0.25, 0.3) is 0 Å². The molecule has 0 saturated heterocycles. The molecule has 0 fully saturated rings. The van der Waals surface area contributed by atoms with E-state index < -0.39 is 7.51 Å². The molecule has 0 saturated carbocycles. The summed E-state index contributed by atoms with van der Waals surface area (Å²) < 4.78 is 16.4. The molecule has 0 amide bonds. The Morgan fingerprint density at radius 3 is 1.48 bits per heavy atom. The van der Waals surface area contributed by atoms with Crippen molar-refractivity contribution in [3.05, 3.63) is 0 Å². The van der Waals surface area contributed by atoms with Crippen LogP contribution in [-0.4, -0.2) is 61.8 Å². The van der Waals surface area contributed by atoms with Gasteiger partial charge in [0.2, 0.25) is 0 Å². The van der Waals surface area contributed by atoms with Crippen molar-refractivity contribution in [3.63, 3.8) is 0 Å². The zero-order valence-corrected chi connectivity index (χ0v) is 17.6. The summed E-state index contributed by atoms with van der Waals surface area (Å²) in [6, 6.07) is 0. The molecule has 21 heavy (non-hydrogen) atoms. The number of hydrogen-bond donors (Lipinski definition) is 0. The van der Waals surface area contributed by atoms with Crippen LogP contribution in [0.5, 0.6) is 0 Å². The fourth-order valence-corrected chi connectivity index (χ4v) is 7.81. The lowest BCUT2D eigenvalue weighted by Crippen LogP contribution is -2.30. The van der Waals surface area contributed by atoms with E-state index in [0.29, 0.717) is 0 Å². The van der Waals surface area contributed by atoms with Gasteiger partial charge in [0.15, 0.2) is 16.0 Å². The number of hydrogen-bond acceptors (Lipinski definition) is 1. The SMILES string of the molecule is CN(C)P(=NP=NC(C)(C)CC(C)(C)C)(N(C)C)N(C)C. The minimum absolute atomic E-state index is 0.0517. The lowest BCUT2D eigenvalue weighted by molar-refractivity contribution is 0.290. The van der Waals surface area contributed by atoms with Gasteiger partial charge in [-0.2, -0.15) is 4.52 Å². The highest BCUT2D eigenvalue weighted by Crippen LogP contribution is 2.56. The minimum atomic E-state index is -1.83. The van der Waals surface area contributed by atoms with Crippen LogP contribution in [-0.2, 0) is 0 Å². The molecule has 0 aliphatic heterocycles. The Kier molecular flexibility index (Phi) is 7.73. The molecule has 126 valence electrons. The maximum atomic E-state index is 4.96. The molecule has 0 bridgehead atoms. The van der Waals surface area contributed by atoms with Crippen molar-refractivity contribution < 1.29 is 0 Å². The Bertz CT molecular complexity index is 378. The van der Waals surface area contributed by atoms with Crippen molar-refractivity contribution in [2.75, 3.05) is 42.3 Å². The number of nitrogens with zero attached hydrogens (tertiary/aromatic N) is 5. The Hall–Kier alpha value is 0.210. The third kappa shape index (κ3) is 6.46. The molecule has 0 aromatic rings. The normalized spacial score (nSPS) is 14.8. The molecule has 5 nitrogen and oxygen atoms in total. The maximum absolute atomic E-state index is 4.96. The second-order valence-electron chi connectivity index (χ2n) is 7.91. The molecule has 0 aliphatic rings. The molecule has 0 radical (unpaired) electrons. The molecule has 0 aliphatic carbocycles. The van der Waals surface area contributed by atoms with Crippen LogP contribution in [0.25, 0.3) is 0 Å². The van der Waals surface area contributed by atoms with Crippen molar-refractivity contribution in [1.82, 2.24) is 14.0 Å². The van der Waals surface area contributed by atoms with E-state index in [9.17, 15) is 0 Å². The van der Waals surface area contributed by atoms with Crippen molar-refractivity contribution >= 4 is 16.0 Å². The summed E-state index contributed by atoms with van der Waals surface area (Å²) >= 11 is 0. The van der Waals surface area contributed by atoms with E-state index in [4.69, 9.17) is 9.26 Å². The van der Waals surface area contributed by atoms with Crippen LogP contribution in [0.4, 0.5) is 0 Å². The van der Waals surface area contributed by atoms with Crippen molar-refractivity contribution in [3.8, 4) is 0 Å². The van der Waals surface area contributed by atoms with Gasteiger partial charge in [-0.3, -0.25) is 14.0 Å². The monoisotopic (exact) mass is 335 g/mol. The molecule has 0 unspecified atom stereocenters. The zero-order chi connectivity index (χ0) is 17.1. The van der Waals surface area contributed by atoms with Crippen molar-refractivity contribution in [1.29, 1.82) is 0 Å². The summed E-state index contributed by atoms with van der Waals surface area (Å²) in [7, 11) is 11.5. The van der Waals surface area contributed by atoms with E-state index >= 15 is 0 Å². The molecule has 0 rings (SSSR count). The van der Waals surface area contributed by atoms with Crippen LogP contribution in [0, 0.1) is 5.41 Å². The summed E-state index contributed by atoms with van der Waals surface area (Å²) in [5.41, 5.74) is 0.225. The quantitative estimate of drug-likeness (QED) is 0.649. The topological polar surface area (TPSA) is 34.4 Å². The Labute approximate surface area is 134 Å². The highest BCUT2D eigenvalue weighted by molar-refractivity contribution is 7.62. The first-order chi connectivity index (χ1) is 9.24. The smallest absolute Gasteiger partial charge is 0.176 e. The van der Waals surface area contributed by atoms with Crippen LogP contribution in [0.15, 0.2) is 9.26 Å². The number of rotatable bonds is 6. The first kappa shape index (κ1) is 21.2. The van der Waals surface area contributed by atoms with Gasteiger partial charge < -0.3 is 0 Å². The maximum Gasteiger partial charge on any atom is 0.176 e. The molecular weight excluding hydrogens is 300 g/mol. The third-order valence-electron chi connectivity index (χ3n) is 3.05. The van der Waals surface area contributed by atoms with E-state index in [1.807, 2.05) is 0 Å². The van der Waals surface area contributed by atoms with Crippen LogP contribution in [0.3, 0.4) is 0 Å². The van der Waals surface area contributed by atoms with Gasteiger partial charge in [-0.25, -0.2) is 4.74 Å². The minimum Gasteiger partial charge on any atom is -0.251 e. The van der Waals surface area contributed by atoms with E-state index in [2.05, 4.69) is 90.9 Å². The van der Waals surface area contributed by atoms with Crippen molar-refractivity contribution in [2.45, 2.75) is 46.6 Å². The van der Waals surface area contributed by atoms with Gasteiger partial charge in [-0.1, -0.05) is 20.8 Å². The summed E-state index contributed by atoms with van der Waals surface area (Å²) in [5.74, 6) is 0. The summed E-state index contributed by atoms with van der Waals surface area (Å²) in [5, 5.41) is 0. The average molecular weight is 335 g/mol. The van der Waals surface area contributed by atoms with Gasteiger partial charge in [0.05, 0.1) is 5.54 Å². The van der Waals surface area contributed by atoms with Gasteiger partial charge in [0, 0.05) is 0 Å². The molecule has 0 heterocycles. The molecular formula is C14H35N5P2. The van der Waals surface area contributed by atoms with Gasteiger partial charge in [-0.05, 0) is 68.0 Å². The lowest BCUT2D eigenvalue weighted by Gasteiger charge is -2.40. The van der Waals surface area contributed by atoms with Crippen LogP contribution < -0.4 is 0 Å². The van der Waals surface area contributed by atoms with Gasteiger partial charge in [0.1, 0.15) is 0 Å². The van der Waals surface area contributed by atoms with Crippen LogP contribution in [0.2, 0.25) is 0 Å². The third-order valence-corrected chi connectivity index (χ3v) is 8.18. The molecule has 0 atom stereocenters. The fraction of sp³-hybridized carbons (Fsp3) is 1.00. The Morgan fingerprint density at radius 2 is 1.19 bits per heavy atom. The van der Waals surface area contributed by atoms with E-state index in [1.165, 1.54) is 0 Å². The van der Waals surface area contributed by atoms with Gasteiger partial charge >= 0.3 is 0 Å². The standard InChI is InChI=1S/C14H35N5P2/c1-13(2,3)12-14(4,5)15-20-16-21(17(6)7,18(8)9)19(10)11/h12H2,1-11H3. The predicted molar refractivity (Wildman–Crippen MR) is 97.9 cm³/mol. The Balaban J connectivity index is 5.49. The second-order valence-corrected chi connectivity index (χ2v) is 12.5. The molecule has 7 heteroatoms. The van der Waals surface area contributed by atoms with Crippen molar-refractivity contribution in [2.24, 2.45) is 14.7 Å². The fourth-order valence-electron chi connectivity index (χ4n) is 2.84. The summed E-state index contributed by atoms with van der Waals surface area (Å²) in [4.78, 5) is 0. The predicted octanol–water partition coefficient (Wildman–Crippen LogP) is 4.88. The Morgan fingerprint density at radius 1 is 0.810 bits per heavy atom. The van der Waals surface area contributed by atoms with Gasteiger partial charge in [-0.15, -0.1) is 0 Å². The lowest BCUT2D eigenvalue weighted by atomic mass is 9.82. The first-order valence-electron chi connectivity index (χ1n) is 7.31. The largest absolute Gasteiger partial charge is 0.251 e. The second kappa shape index (κ2) is 7.66. The van der Waals surface area contributed by atoms with E-state index in [0.717, 1.165) is 14.9 Å². The zero-order valence-electron chi connectivity index (χ0n) is 15.8. The molecule has 0 N–H and O–H groups in total. The highest BCUT2D eigenvalue weighted by atomic mass is 31.2. The highest BCUT2D eigenvalue weighted by Gasteiger charge is 2.29. The molecule has 0 aromatic carbocycles. The summed E-state index contributed by atoms with van der Waals surface area (Å²) in [6.45, 7) is 11.2. The molecule has 0 spiro atoms. The van der Waals surface area contributed by atoms with Crippen LogP contribution >= 0.6 is 16.0 Å². The summed E-state index contributed by atoms with van der Waals surface area (Å²) in [6.07, 6.45) is 1.06. The van der Waals surface area contributed by atoms with Crippen LogP contribution in [0.1, 0.15) is 41.0 Å². The molecule has 0 aromatic heterocycles. The first-order valence-corrected chi connectivity index (χ1v) is 9.71.